The van der Waals surface area contributed by atoms with Gasteiger partial charge in [-0.15, -0.1) is 0 Å². The van der Waals surface area contributed by atoms with Crippen molar-refractivity contribution in [1.82, 2.24) is 10.4 Å². The van der Waals surface area contributed by atoms with Gasteiger partial charge in [-0.3, -0.25) is 10.2 Å². The minimum absolute atomic E-state index is 0.0340. The van der Waals surface area contributed by atoms with Crippen LogP contribution in [-0.4, -0.2) is 22.6 Å². The van der Waals surface area contributed by atoms with Crippen molar-refractivity contribution < 1.29 is 18.0 Å². The number of aryl methyl sites for hydroxylation is 1. The molecule has 2 aromatic rings. The Kier molecular flexibility index (Phi) is 6.22. The molecule has 0 radical (unpaired) electrons. The Morgan fingerprint density at radius 2 is 1.90 bits per heavy atom. The molecular weight excluding hydrogens is 377 g/mol. The Labute approximate surface area is 170 Å². The van der Waals surface area contributed by atoms with Crippen molar-refractivity contribution in [2.75, 3.05) is 0 Å². The van der Waals surface area contributed by atoms with Gasteiger partial charge in [-0.2, -0.15) is 18.2 Å². The zero-order valence-electron chi connectivity index (χ0n) is 17.3. The van der Waals surface area contributed by atoms with Crippen LogP contribution in [0.3, 0.4) is 0 Å². The van der Waals surface area contributed by atoms with Gasteiger partial charge in [-0.05, 0) is 48.6 Å². The van der Waals surface area contributed by atoms with Gasteiger partial charge in [0.15, 0.2) is 6.04 Å². The fraction of sp³-hybridized carbons (Fsp3) is 0.522. The third kappa shape index (κ3) is 4.74. The van der Waals surface area contributed by atoms with E-state index in [1.54, 1.807) is 26.0 Å². The van der Waals surface area contributed by atoms with Crippen LogP contribution in [0.25, 0.3) is 10.8 Å². The Morgan fingerprint density at radius 3 is 2.52 bits per heavy atom. The lowest BCUT2D eigenvalue weighted by Crippen LogP contribution is -2.51. The minimum Gasteiger partial charge on any atom is -0.287 e. The third-order valence-corrected chi connectivity index (χ3v) is 5.65. The van der Waals surface area contributed by atoms with Crippen molar-refractivity contribution >= 4 is 16.7 Å². The standard InChI is InChI=1S/C23H29F3N2O/c1-4-5-6-7-9-16-12-13-18-17(14-16)10-8-11-19(18)21(23(24,25)26)28-22(2,3)15-20(29)27-28/h8,10-14,21H,4-7,9,15H2,1-3H3,(H,27,29). The molecule has 2 aromatic carbocycles. The van der Waals surface area contributed by atoms with Gasteiger partial charge < -0.3 is 0 Å². The predicted molar refractivity (Wildman–Crippen MR) is 109 cm³/mol. The van der Waals surface area contributed by atoms with Crippen LogP contribution < -0.4 is 5.43 Å². The number of halogens is 3. The number of fused-ring (bicyclic) bond motifs is 1. The zero-order chi connectivity index (χ0) is 21.2. The largest absolute Gasteiger partial charge is 0.409 e. The quantitative estimate of drug-likeness (QED) is 0.565. The second kappa shape index (κ2) is 8.34. The molecule has 1 saturated heterocycles. The molecule has 1 aliphatic heterocycles. The second-order valence-electron chi connectivity index (χ2n) is 8.55. The van der Waals surface area contributed by atoms with Crippen molar-refractivity contribution in [2.24, 2.45) is 0 Å². The summed E-state index contributed by atoms with van der Waals surface area (Å²) in [7, 11) is 0. The highest BCUT2D eigenvalue weighted by Crippen LogP contribution is 2.44. The summed E-state index contributed by atoms with van der Waals surface area (Å²) in [4.78, 5) is 11.9. The van der Waals surface area contributed by atoms with E-state index in [-0.39, 0.29) is 17.9 Å². The Balaban J connectivity index is 1.98. The molecule has 1 aliphatic rings. The highest BCUT2D eigenvalue weighted by molar-refractivity contribution is 5.87. The molecule has 0 aromatic heterocycles. The summed E-state index contributed by atoms with van der Waals surface area (Å²) in [5.74, 6) is -0.390. The van der Waals surface area contributed by atoms with Crippen LogP contribution in [0.2, 0.25) is 0 Å². The fourth-order valence-corrected chi connectivity index (χ4v) is 4.19. The first-order chi connectivity index (χ1) is 13.6. The lowest BCUT2D eigenvalue weighted by atomic mass is 9.92. The van der Waals surface area contributed by atoms with Crippen LogP contribution in [0.1, 0.15) is 70.0 Å². The van der Waals surface area contributed by atoms with Crippen LogP contribution in [-0.2, 0) is 11.2 Å². The van der Waals surface area contributed by atoms with Gasteiger partial charge in [0.05, 0.1) is 0 Å². The number of nitrogens with zero attached hydrogens (tertiary/aromatic N) is 1. The predicted octanol–water partition coefficient (Wildman–Crippen LogP) is 6.08. The molecule has 0 spiro atoms. The normalized spacial score (nSPS) is 18.2. The summed E-state index contributed by atoms with van der Waals surface area (Å²) in [5.41, 5.74) is 2.82. The molecule has 1 unspecified atom stereocenters. The van der Waals surface area contributed by atoms with Gasteiger partial charge in [0, 0.05) is 12.0 Å². The number of alkyl halides is 3. The maximum atomic E-state index is 14.2. The number of amides is 1. The van der Waals surface area contributed by atoms with Crippen molar-refractivity contribution in [2.45, 2.75) is 77.1 Å². The molecule has 158 valence electrons. The van der Waals surface area contributed by atoms with Crippen LogP contribution >= 0.6 is 0 Å². The fourth-order valence-electron chi connectivity index (χ4n) is 4.19. The van der Waals surface area contributed by atoms with Crippen molar-refractivity contribution in [1.29, 1.82) is 0 Å². The molecule has 0 bridgehead atoms. The average Bonchev–Trinajstić information content (AvgIpc) is 2.89. The number of carbonyl (C=O) groups excluding carboxylic acids is 1. The van der Waals surface area contributed by atoms with Crippen LogP contribution in [0.15, 0.2) is 36.4 Å². The van der Waals surface area contributed by atoms with E-state index < -0.39 is 17.8 Å². The Hall–Kier alpha value is -2.08. The van der Waals surface area contributed by atoms with Crippen molar-refractivity contribution in [3.63, 3.8) is 0 Å². The number of rotatable bonds is 7. The number of nitrogens with one attached hydrogen (secondary N) is 1. The molecule has 1 atom stereocenters. The number of carbonyl (C=O) groups is 1. The number of benzene rings is 2. The third-order valence-electron chi connectivity index (χ3n) is 5.65. The van der Waals surface area contributed by atoms with Gasteiger partial charge in [-0.25, -0.2) is 0 Å². The highest BCUT2D eigenvalue weighted by atomic mass is 19.4. The zero-order valence-corrected chi connectivity index (χ0v) is 17.3. The summed E-state index contributed by atoms with van der Waals surface area (Å²) in [6.45, 7) is 5.48. The summed E-state index contributed by atoms with van der Waals surface area (Å²) in [6.07, 6.45) is 1.05. The number of hydrazine groups is 1. The Bertz CT molecular complexity index is 876. The SMILES string of the molecule is CCCCCCc1ccc2c(C(N3NC(=O)CC3(C)C)C(F)(F)F)cccc2c1. The number of unbranched alkanes of at least 4 members (excludes halogenated alkanes) is 3. The van der Waals surface area contributed by atoms with Crippen LogP contribution in [0, 0.1) is 0 Å². The van der Waals surface area contributed by atoms with Crippen molar-refractivity contribution in [3.05, 3.63) is 47.5 Å². The number of hydrogen-bond donors (Lipinski definition) is 1. The van der Waals surface area contributed by atoms with Crippen LogP contribution in [0.4, 0.5) is 13.2 Å². The smallest absolute Gasteiger partial charge is 0.287 e. The molecule has 1 amide bonds. The van der Waals surface area contributed by atoms with Gasteiger partial charge in [0.25, 0.3) is 0 Å². The average molecular weight is 406 g/mol. The van der Waals surface area contributed by atoms with E-state index in [0.717, 1.165) is 35.2 Å². The van der Waals surface area contributed by atoms with E-state index in [0.29, 0.717) is 5.39 Å². The van der Waals surface area contributed by atoms with Gasteiger partial charge in [0.2, 0.25) is 5.91 Å². The van der Waals surface area contributed by atoms with Gasteiger partial charge in [0.1, 0.15) is 0 Å². The molecule has 6 heteroatoms. The first-order valence-corrected chi connectivity index (χ1v) is 10.3. The molecule has 0 saturated carbocycles. The summed E-state index contributed by atoms with van der Waals surface area (Å²) in [6, 6.07) is 8.86. The van der Waals surface area contributed by atoms with E-state index in [1.807, 2.05) is 18.2 Å². The van der Waals surface area contributed by atoms with Crippen LogP contribution in [0.5, 0.6) is 0 Å². The van der Waals surface area contributed by atoms with E-state index in [1.165, 1.54) is 18.9 Å². The lowest BCUT2D eigenvalue weighted by molar-refractivity contribution is -0.203. The maximum Gasteiger partial charge on any atom is 0.409 e. The molecule has 1 fully saturated rings. The monoisotopic (exact) mass is 406 g/mol. The highest BCUT2D eigenvalue weighted by Gasteiger charge is 2.53. The first kappa shape index (κ1) is 21.6. The topological polar surface area (TPSA) is 32.3 Å². The van der Waals surface area contributed by atoms with Gasteiger partial charge in [-0.1, -0.05) is 62.6 Å². The molecule has 0 aliphatic carbocycles. The van der Waals surface area contributed by atoms with E-state index in [9.17, 15) is 18.0 Å². The summed E-state index contributed by atoms with van der Waals surface area (Å²) in [5, 5.41) is 2.44. The van der Waals surface area contributed by atoms with E-state index in [4.69, 9.17) is 0 Å². The van der Waals surface area contributed by atoms with Crippen molar-refractivity contribution in [3.8, 4) is 0 Å². The maximum absolute atomic E-state index is 14.2. The molecular formula is C23H29F3N2O. The molecule has 3 nitrogen and oxygen atoms in total. The molecule has 1 N–H and O–H groups in total. The van der Waals surface area contributed by atoms with E-state index in [2.05, 4.69) is 12.3 Å². The Morgan fingerprint density at radius 1 is 1.14 bits per heavy atom. The second-order valence-corrected chi connectivity index (χ2v) is 8.55. The lowest BCUT2D eigenvalue weighted by Gasteiger charge is -2.38. The minimum atomic E-state index is -4.53. The molecule has 29 heavy (non-hydrogen) atoms. The molecule has 1 heterocycles. The summed E-state index contributed by atoms with van der Waals surface area (Å²) < 4.78 is 42.5. The summed E-state index contributed by atoms with van der Waals surface area (Å²) >= 11 is 0. The number of hydrogen-bond acceptors (Lipinski definition) is 2. The first-order valence-electron chi connectivity index (χ1n) is 10.3. The van der Waals surface area contributed by atoms with E-state index >= 15 is 0 Å². The molecule has 3 rings (SSSR count). The van der Waals surface area contributed by atoms with Gasteiger partial charge >= 0.3 is 6.18 Å².